The number of hydrogen-bond acceptors (Lipinski definition) is 4. The fourth-order valence-electron chi connectivity index (χ4n) is 3.07. The van der Waals surface area contributed by atoms with Crippen LogP contribution >= 0.6 is 23.2 Å². The van der Waals surface area contributed by atoms with Gasteiger partial charge in [-0.25, -0.2) is 0 Å². The first-order valence-corrected chi connectivity index (χ1v) is 9.56. The number of carbonyl (C=O) groups is 1. The molecule has 3 aromatic rings. The maximum absolute atomic E-state index is 13.0. The Balaban J connectivity index is 1.85. The highest BCUT2D eigenvalue weighted by molar-refractivity contribution is 6.33. The molecule has 0 aliphatic carbocycles. The first kappa shape index (κ1) is 20.4. The van der Waals surface area contributed by atoms with E-state index in [-0.39, 0.29) is 11.9 Å². The average molecular weight is 418 g/mol. The minimum atomic E-state index is -0.271. The summed E-state index contributed by atoms with van der Waals surface area (Å²) in [4.78, 5) is 15.0. The lowest BCUT2D eigenvalue weighted by Crippen LogP contribution is -2.35. The number of aromatic nitrogens is 1. The van der Waals surface area contributed by atoms with Gasteiger partial charge in [-0.1, -0.05) is 64.8 Å². The number of carbonyl (C=O) groups excluding carboxylic acids is 1. The zero-order valence-electron chi connectivity index (χ0n) is 15.9. The van der Waals surface area contributed by atoms with E-state index in [0.29, 0.717) is 39.2 Å². The molecular formula is C21H21Cl2N3O2. The van der Waals surface area contributed by atoms with E-state index in [0.717, 1.165) is 5.56 Å². The van der Waals surface area contributed by atoms with E-state index in [2.05, 4.69) is 10.5 Å². The molecule has 1 aromatic heterocycles. The van der Waals surface area contributed by atoms with Gasteiger partial charge in [0.25, 0.3) is 5.91 Å². The quantitative estimate of drug-likeness (QED) is 0.613. The molecule has 1 N–H and O–H groups in total. The SMILES string of the molecule is Cc1onc(-c2ccccc2Cl)c1C(=O)NCC(c1ccccc1Cl)N(C)C. The molecule has 3 rings (SSSR count). The molecule has 7 heteroatoms. The molecule has 1 heterocycles. The third-order valence-electron chi connectivity index (χ3n) is 4.56. The number of halogens is 2. The van der Waals surface area contributed by atoms with E-state index in [4.69, 9.17) is 27.7 Å². The Hall–Kier alpha value is -2.34. The highest BCUT2D eigenvalue weighted by atomic mass is 35.5. The molecule has 0 saturated carbocycles. The van der Waals surface area contributed by atoms with Crippen molar-refractivity contribution in [3.63, 3.8) is 0 Å². The number of nitrogens with zero attached hydrogens (tertiary/aromatic N) is 2. The molecule has 1 unspecified atom stereocenters. The van der Waals surface area contributed by atoms with Crippen molar-refractivity contribution in [1.29, 1.82) is 0 Å². The Labute approximate surface area is 174 Å². The molecule has 146 valence electrons. The molecule has 0 spiro atoms. The molecular weight excluding hydrogens is 397 g/mol. The summed E-state index contributed by atoms with van der Waals surface area (Å²) in [5.74, 6) is 0.166. The first-order chi connectivity index (χ1) is 13.4. The molecule has 5 nitrogen and oxygen atoms in total. The monoisotopic (exact) mass is 417 g/mol. The first-order valence-electron chi connectivity index (χ1n) is 8.80. The van der Waals surface area contributed by atoms with Crippen LogP contribution in [0, 0.1) is 6.92 Å². The van der Waals surface area contributed by atoms with Crippen LogP contribution in [0.4, 0.5) is 0 Å². The Morgan fingerprint density at radius 3 is 2.39 bits per heavy atom. The van der Waals surface area contributed by atoms with E-state index in [9.17, 15) is 4.79 Å². The van der Waals surface area contributed by atoms with Crippen molar-refractivity contribution >= 4 is 29.1 Å². The van der Waals surface area contributed by atoms with Crippen LogP contribution in [0.3, 0.4) is 0 Å². The van der Waals surface area contributed by atoms with Gasteiger partial charge >= 0.3 is 0 Å². The van der Waals surface area contributed by atoms with Gasteiger partial charge in [-0.05, 0) is 38.7 Å². The largest absolute Gasteiger partial charge is 0.360 e. The van der Waals surface area contributed by atoms with Crippen LogP contribution in [0.5, 0.6) is 0 Å². The van der Waals surface area contributed by atoms with Gasteiger partial charge in [-0.2, -0.15) is 0 Å². The average Bonchev–Trinajstić information content (AvgIpc) is 3.04. The Bertz CT molecular complexity index is 985. The third-order valence-corrected chi connectivity index (χ3v) is 5.24. The topological polar surface area (TPSA) is 58.4 Å². The summed E-state index contributed by atoms with van der Waals surface area (Å²) in [5, 5.41) is 8.20. The van der Waals surface area contributed by atoms with Gasteiger partial charge in [0, 0.05) is 17.1 Å². The Morgan fingerprint density at radius 2 is 1.75 bits per heavy atom. The van der Waals surface area contributed by atoms with E-state index in [1.165, 1.54) is 0 Å². The van der Waals surface area contributed by atoms with Crippen LogP contribution in [0.2, 0.25) is 10.0 Å². The predicted molar refractivity (Wildman–Crippen MR) is 112 cm³/mol. The fourth-order valence-corrected chi connectivity index (χ4v) is 3.56. The summed E-state index contributed by atoms with van der Waals surface area (Å²) in [7, 11) is 3.89. The van der Waals surface area contributed by atoms with E-state index in [1.54, 1.807) is 13.0 Å². The molecule has 0 radical (unpaired) electrons. The number of aryl methyl sites for hydroxylation is 1. The minimum absolute atomic E-state index is 0.0819. The molecule has 28 heavy (non-hydrogen) atoms. The van der Waals surface area contributed by atoms with Crippen LogP contribution in [0.1, 0.15) is 27.7 Å². The van der Waals surface area contributed by atoms with E-state index >= 15 is 0 Å². The Kier molecular flexibility index (Phi) is 6.39. The standard InChI is InChI=1S/C21H21Cl2N3O2/c1-13-19(20(25-28-13)15-9-5-7-11-17(15)23)21(27)24-12-18(26(2)3)14-8-4-6-10-16(14)22/h4-11,18H,12H2,1-3H3,(H,24,27). The summed E-state index contributed by atoms with van der Waals surface area (Å²) >= 11 is 12.6. The summed E-state index contributed by atoms with van der Waals surface area (Å²) < 4.78 is 5.28. The van der Waals surface area contributed by atoms with Gasteiger partial charge in [0.15, 0.2) is 0 Å². The van der Waals surface area contributed by atoms with Gasteiger partial charge in [-0.15, -0.1) is 0 Å². The van der Waals surface area contributed by atoms with Crippen LogP contribution in [0.25, 0.3) is 11.3 Å². The molecule has 1 amide bonds. The minimum Gasteiger partial charge on any atom is -0.360 e. The zero-order valence-corrected chi connectivity index (χ0v) is 17.4. The summed E-state index contributed by atoms with van der Waals surface area (Å²) in [6.07, 6.45) is 0. The molecule has 0 bridgehead atoms. The van der Waals surface area contributed by atoms with Gasteiger partial charge in [0.05, 0.1) is 11.1 Å². The van der Waals surface area contributed by atoms with Crippen LogP contribution < -0.4 is 5.32 Å². The van der Waals surface area contributed by atoms with Crippen molar-refractivity contribution in [2.45, 2.75) is 13.0 Å². The molecule has 0 aliphatic rings. The number of hydrogen-bond donors (Lipinski definition) is 1. The van der Waals surface area contributed by atoms with Gasteiger partial charge in [0.2, 0.25) is 0 Å². The maximum Gasteiger partial charge on any atom is 0.257 e. The summed E-state index contributed by atoms with van der Waals surface area (Å²) in [6, 6.07) is 14.8. The van der Waals surface area contributed by atoms with Crippen molar-refractivity contribution in [3.8, 4) is 11.3 Å². The van der Waals surface area contributed by atoms with Crippen LogP contribution in [0.15, 0.2) is 53.1 Å². The van der Waals surface area contributed by atoms with Crippen molar-refractivity contribution in [2.75, 3.05) is 20.6 Å². The molecule has 0 aliphatic heterocycles. The van der Waals surface area contributed by atoms with Crippen molar-refractivity contribution < 1.29 is 9.32 Å². The zero-order chi connectivity index (χ0) is 20.3. The van der Waals surface area contributed by atoms with E-state index < -0.39 is 0 Å². The molecule has 2 aromatic carbocycles. The predicted octanol–water partition coefficient (Wildman–Crippen LogP) is 4.99. The number of benzene rings is 2. The third kappa shape index (κ3) is 4.22. The molecule has 0 saturated heterocycles. The Morgan fingerprint density at radius 1 is 1.11 bits per heavy atom. The smallest absolute Gasteiger partial charge is 0.257 e. The maximum atomic E-state index is 13.0. The van der Waals surface area contributed by atoms with E-state index in [1.807, 2.05) is 61.5 Å². The number of likely N-dealkylation sites (N-methyl/N-ethyl adjacent to an activating group) is 1. The molecule has 0 fully saturated rings. The van der Waals surface area contributed by atoms with Crippen molar-refractivity contribution in [2.24, 2.45) is 0 Å². The highest BCUT2D eigenvalue weighted by Crippen LogP contribution is 2.31. The lowest BCUT2D eigenvalue weighted by atomic mass is 10.0. The highest BCUT2D eigenvalue weighted by Gasteiger charge is 2.24. The summed E-state index contributed by atoms with van der Waals surface area (Å²) in [6.45, 7) is 2.09. The number of nitrogens with one attached hydrogen (secondary N) is 1. The normalized spacial score (nSPS) is 12.2. The number of rotatable bonds is 6. The van der Waals surface area contributed by atoms with Gasteiger partial charge < -0.3 is 14.7 Å². The second kappa shape index (κ2) is 8.78. The van der Waals surface area contributed by atoms with Crippen LogP contribution in [-0.2, 0) is 0 Å². The second-order valence-corrected chi connectivity index (χ2v) is 7.47. The lowest BCUT2D eigenvalue weighted by Gasteiger charge is -2.26. The number of amides is 1. The molecule has 1 atom stereocenters. The second-order valence-electron chi connectivity index (χ2n) is 6.65. The van der Waals surface area contributed by atoms with Crippen molar-refractivity contribution in [3.05, 3.63) is 75.5 Å². The fraction of sp³-hybridized carbons (Fsp3) is 0.238. The summed E-state index contributed by atoms with van der Waals surface area (Å²) in [5.41, 5.74) is 2.41. The van der Waals surface area contributed by atoms with Crippen molar-refractivity contribution in [1.82, 2.24) is 15.4 Å². The van der Waals surface area contributed by atoms with Gasteiger partial charge in [-0.3, -0.25) is 4.79 Å². The van der Waals surface area contributed by atoms with Gasteiger partial charge in [0.1, 0.15) is 17.0 Å². The van der Waals surface area contributed by atoms with Crippen LogP contribution in [-0.4, -0.2) is 36.6 Å². The lowest BCUT2D eigenvalue weighted by molar-refractivity contribution is 0.0941.